The fourth-order valence-corrected chi connectivity index (χ4v) is 3.35. The summed E-state index contributed by atoms with van der Waals surface area (Å²) in [5, 5.41) is 10.1. The lowest BCUT2D eigenvalue weighted by atomic mass is 10.1. The van der Waals surface area contributed by atoms with E-state index in [1.54, 1.807) is 12.1 Å². The molecule has 3 aromatic rings. The summed E-state index contributed by atoms with van der Waals surface area (Å²) in [7, 11) is 1.84. The van der Waals surface area contributed by atoms with Gasteiger partial charge in [-0.1, -0.05) is 12.1 Å². The number of fused-ring (bicyclic) bond motifs is 2. The molecule has 1 amide bonds. The van der Waals surface area contributed by atoms with Crippen LogP contribution >= 0.6 is 12.4 Å². The van der Waals surface area contributed by atoms with Crippen molar-refractivity contribution in [2.24, 2.45) is 7.05 Å². The van der Waals surface area contributed by atoms with Gasteiger partial charge in [-0.3, -0.25) is 9.59 Å². The molecular formula is C18H19ClFN5O2. The van der Waals surface area contributed by atoms with Crippen LogP contribution in [-0.4, -0.2) is 26.6 Å². The van der Waals surface area contributed by atoms with Crippen LogP contribution in [0.3, 0.4) is 0 Å². The summed E-state index contributed by atoms with van der Waals surface area (Å²) in [5.41, 5.74) is 3.02. The minimum absolute atomic E-state index is 0. The van der Waals surface area contributed by atoms with E-state index in [4.69, 9.17) is 0 Å². The van der Waals surface area contributed by atoms with Crippen molar-refractivity contribution in [1.82, 2.24) is 24.8 Å². The summed E-state index contributed by atoms with van der Waals surface area (Å²) in [6.07, 6.45) is 2.13. The van der Waals surface area contributed by atoms with E-state index >= 15 is 0 Å². The van der Waals surface area contributed by atoms with Crippen molar-refractivity contribution in [3.63, 3.8) is 0 Å². The molecule has 1 aromatic carbocycles. The minimum atomic E-state index is -0.326. The Labute approximate surface area is 160 Å². The monoisotopic (exact) mass is 391 g/mol. The molecule has 9 heteroatoms. The number of rotatable bonds is 3. The van der Waals surface area contributed by atoms with Gasteiger partial charge in [0.1, 0.15) is 11.4 Å². The van der Waals surface area contributed by atoms with E-state index in [1.165, 1.54) is 22.8 Å². The van der Waals surface area contributed by atoms with Gasteiger partial charge in [-0.15, -0.1) is 12.4 Å². The first kappa shape index (κ1) is 19.1. The lowest BCUT2D eigenvalue weighted by Gasteiger charge is -2.20. The second kappa shape index (κ2) is 7.50. The Morgan fingerprint density at radius 1 is 1.33 bits per heavy atom. The maximum Gasteiger partial charge on any atom is 0.279 e. The molecular weight excluding hydrogens is 373 g/mol. The topological polar surface area (TPSA) is 80.4 Å². The van der Waals surface area contributed by atoms with E-state index in [1.807, 2.05) is 11.6 Å². The minimum Gasteiger partial charge on any atom is -0.348 e. The molecule has 0 aliphatic carbocycles. The normalized spacial score (nSPS) is 13.1. The number of benzene rings is 1. The number of carbonyl (C=O) groups excluding carboxylic acids is 1. The third kappa shape index (κ3) is 3.33. The number of hydrogen-bond donors (Lipinski definition) is 2. The van der Waals surface area contributed by atoms with Crippen molar-refractivity contribution in [2.75, 3.05) is 6.54 Å². The van der Waals surface area contributed by atoms with Gasteiger partial charge in [-0.2, -0.15) is 9.61 Å². The van der Waals surface area contributed by atoms with E-state index in [2.05, 4.69) is 15.7 Å². The molecule has 2 aromatic heterocycles. The van der Waals surface area contributed by atoms with Crippen LogP contribution < -0.4 is 16.2 Å². The lowest BCUT2D eigenvalue weighted by molar-refractivity contribution is 0.0952. The number of amides is 1. The van der Waals surface area contributed by atoms with Gasteiger partial charge >= 0.3 is 0 Å². The lowest BCUT2D eigenvalue weighted by Crippen LogP contribution is -2.35. The Balaban J connectivity index is 0.00000210. The molecule has 3 heterocycles. The second-order valence-corrected chi connectivity index (χ2v) is 6.32. The van der Waals surface area contributed by atoms with Crippen LogP contribution in [-0.2, 0) is 26.6 Å². The molecule has 0 radical (unpaired) electrons. The summed E-state index contributed by atoms with van der Waals surface area (Å²) in [6, 6.07) is 5.93. The summed E-state index contributed by atoms with van der Waals surface area (Å²) >= 11 is 0. The van der Waals surface area contributed by atoms with Gasteiger partial charge in [0.25, 0.3) is 11.5 Å². The Hall–Kier alpha value is -2.71. The van der Waals surface area contributed by atoms with Crippen molar-refractivity contribution >= 4 is 24.0 Å². The van der Waals surface area contributed by atoms with Crippen LogP contribution in [0.2, 0.25) is 0 Å². The van der Waals surface area contributed by atoms with Crippen molar-refractivity contribution in [2.45, 2.75) is 19.5 Å². The van der Waals surface area contributed by atoms with Crippen LogP contribution in [0.15, 0.2) is 35.3 Å². The highest BCUT2D eigenvalue weighted by molar-refractivity contribution is 5.99. The van der Waals surface area contributed by atoms with Crippen molar-refractivity contribution in [1.29, 1.82) is 0 Å². The van der Waals surface area contributed by atoms with Crippen molar-refractivity contribution in [3.8, 4) is 0 Å². The summed E-state index contributed by atoms with van der Waals surface area (Å²) in [4.78, 5) is 25.3. The van der Waals surface area contributed by atoms with Crippen LogP contribution in [0.5, 0.6) is 0 Å². The highest BCUT2D eigenvalue weighted by atomic mass is 35.5. The smallest absolute Gasteiger partial charge is 0.279 e. The van der Waals surface area contributed by atoms with Crippen LogP contribution in [0, 0.1) is 5.82 Å². The number of carbonyl (C=O) groups is 1. The highest BCUT2D eigenvalue weighted by Crippen LogP contribution is 2.16. The Morgan fingerprint density at radius 2 is 2.07 bits per heavy atom. The molecule has 7 nitrogen and oxygen atoms in total. The molecule has 0 bridgehead atoms. The van der Waals surface area contributed by atoms with Crippen LogP contribution in [0.4, 0.5) is 4.39 Å². The van der Waals surface area contributed by atoms with Gasteiger partial charge in [0.05, 0.1) is 11.8 Å². The molecule has 4 rings (SSSR count). The predicted octanol–water partition coefficient (Wildman–Crippen LogP) is 1.17. The second-order valence-electron chi connectivity index (χ2n) is 6.32. The van der Waals surface area contributed by atoms with E-state index in [0.29, 0.717) is 23.3 Å². The molecule has 0 fully saturated rings. The van der Waals surface area contributed by atoms with Gasteiger partial charge < -0.3 is 15.2 Å². The molecule has 0 saturated carbocycles. The van der Waals surface area contributed by atoms with E-state index in [9.17, 15) is 14.0 Å². The molecule has 0 spiro atoms. The average Bonchev–Trinajstić information content (AvgIpc) is 3.11. The molecule has 142 valence electrons. The Kier molecular flexibility index (Phi) is 5.29. The highest BCUT2D eigenvalue weighted by Gasteiger charge is 2.23. The van der Waals surface area contributed by atoms with Gasteiger partial charge in [-0.25, -0.2) is 4.39 Å². The zero-order chi connectivity index (χ0) is 18.3. The molecule has 0 unspecified atom stereocenters. The van der Waals surface area contributed by atoms with Gasteiger partial charge in [0.2, 0.25) is 0 Å². The van der Waals surface area contributed by atoms with Gasteiger partial charge in [0, 0.05) is 38.8 Å². The van der Waals surface area contributed by atoms with E-state index in [0.717, 1.165) is 24.2 Å². The average molecular weight is 392 g/mol. The first-order valence-electron chi connectivity index (χ1n) is 8.38. The zero-order valence-electron chi connectivity index (χ0n) is 14.7. The molecule has 27 heavy (non-hydrogen) atoms. The van der Waals surface area contributed by atoms with Crippen LogP contribution in [0.1, 0.15) is 27.2 Å². The van der Waals surface area contributed by atoms with Gasteiger partial charge in [-0.05, 0) is 17.7 Å². The SMILES string of the molecule is Cl.Cn1c2c(c(=O)n3ncc(C(=O)NCc4ccc(F)cc4)c13)CNCC2. The molecule has 1 aliphatic rings. The fourth-order valence-electron chi connectivity index (χ4n) is 3.35. The standard InChI is InChI=1S/C18H18FN5O2.ClH/c1-23-15-6-7-20-9-13(15)18(26)24-17(23)14(10-22-24)16(25)21-8-11-2-4-12(19)5-3-11;/h2-5,10,20H,6-9H2,1H3,(H,21,25);1H. The number of nitrogens with one attached hydrogen (secondary N) is 2. The Bertz CT molecular complexity index is 1060. The van der Waals surface area contributed by atoms with Gasteiger partial charge in [0.15, 0.2) is 5.65 Å². The fraction of sp³-hybridized carbons (Fsp3) is 0.278. The maximum atomic E-state index is 13.0. The maximum absolute atomic E-state index is 13.0. The zero-order valence-corrected chi connectivity index (χ0v) is 15.5. The first-order valence-corrected chi connectivity index (χ1v) is 8.38. The molecule has 1 aliphatic heterocycles. The third-order valence-electron chi connectivity index (χ3n) is 4.72. The quantitative estimate of drug-likeness (QED) is 0.702. The molecule has 2 N–H and O–H groups in total. The van der Waals surface area contributed by atoms with Crippen molar-refractivity contribution in [3.05, 3.63) is 69.0 Å². The number of nitrogens with zero attached hydrogens (tertiary/aromatic N) is 3. The van der Waals surface area contributed by atoms with Crippen LogP contribution in [0.25, 0.3) is 5.65 Å². The number of hydrogen-bond acceptors (Lipinski definition) is 4. The summed E-state index contributed by atoms with van der Waals surface area (Å²) in [6.45, 7) is 1.56. The summed E-state index contributed by atoms with van der Waals surface area (Å²) in [5.74, 6) is -0.648. The number of halogens is 2. The first-order chi connectivity index (χ1) is 12.6. The Morgan fingerprint density at radius 3 is 2.81 bits per heavy atom. The molecule has 0 atom stereocenters. The van der Waals surface area contributed by atoms with E-state index < -0.39 is 0 Å². The number of aryl methyl sites for hydroxylation is 1. The predicted molar refractivity (Wildman–Crippen MR) is 101 cm³/mol. The molecule has 0 saturated heterocycles. The third-order valence-corrected chi connectivity index (χ3v) is 4.72. The largest absolute Gasteiger partial charge is 0.348 e. The summed E-state index contributed by atoms with van der Waals surface area (Å²) < 4.78 is 16.1. The van der Waals surface area contributed by atoms with Crippen molar-refractivity contribution < 1.29 is 9.18 Å². The number of aromatic nitrogens is 3. The van der Waals surface area contributed by atoms with E-state index in [-0.39, 0.29) is 36.2 Å².